The van der Waals surface area contributed by atoms with Crippen molar-refractivity contribution in [2.45, 2.75) is 44.8 Å². The van der Waals surface area contributed by atoms with Gasteiger partial charge < -0.3 is 15.2 Å². The number of hydrogen-bond donors (Lipinski definition) is 1. The fourth-order valence-electron chi connectivity index (χ4n) is 2.42. The minimum absolute atomic E-state index is 0.0444. The van der Waals surface area contributed by atoms with Gasteiger partial charge in [0.05, 0.1) is 25.4 Å². The van der Waals surface area contributed by atoms with Crippen LogP contribution >= 0.6 is 0 Å². The quantitative estimate of drug-likeness (QED) is 0.822. The van der Waals surface area contributed by atoms with Crippen molar-refractivity contribution in [3.8, 4) is 0 Å². The van der Waals surface area contributed by atoms with E-state index in [1.807, 2.05) is 0 Å². The molecule has 2 N–H and O–H groups in total. The molecule has 2 unspecified atom stereocenters. The van der Waals surface area contributed by atoms with Gasteiger partial charge in [-0.05, 0) is 30.4 Å². The van der Waals surface area contributed by atoms with Crippen molar-refractivity contribution < 1.29 is 9.47 Å². The fraction of sp³-hybridized carbons (Fsp3) is 0.625. The molecule has 1 aliphatic heterocycles. The van der Waals surface area contributed by atoms with E-state index in [0.717, 1.165) is 31.4 Å². The highest BCUT2D eigenvalue weighted by molar-refractivity contribution is 5.24. The zero-order valence-electron chi connectivity index (χ0n) is 11.8. The summed E-state index contributed by atoms with van der Waals surface area (Å²) >= 11 is 0. The first-order valence-corrected chi connectivity index (χ1v) is 7.33. The third-order valence-corrected chi connectivity index (χ3v) is 3.57. The van der Waals surface area contributed by atoms with Crippen LogP contribution in [0.4, 0.5) is 0 Å². The lowest BCUT2D eigenvalue weighted by Gasteiger charge is -2.15. The third kappa shape index (κ3) is 4.60. The molecule has 3 nitrogen and oxygen atoms in total. The Morgan fingerprint density at radius 1 is 1.37 bits per heavy atom. The molecule has 1 aliphatic rings. The first-order valence-electron chi connectivity index (χ1n) is 7.33. The Kier molecular flexibility index (Phi) is 5.83. The smallest absolute Gasteiger partial charge is 0.0809 e. The first kappa shape index (κ1) is 14.5. The zero-order valence-corrected chi connectivity index (χ0v) is 11.8. The molecule has 0 radical (unpaired) electrons. The van der Waals surface area contributed by atoms with Crippen LogP contribution in [-0.4, -0.2) is 25.9 Å². The number of benzene rings is 1. The van der Waals surface area contributed by atoms with Crippen molar-refractivity contribution in [2.24, 2.45) is 5.73 Å². The molecule has 1 heterocycles. The second-order valence-corrected chi connectivity index (χ2v) is 5.27. The number of rotatable bonds is 7. The molecule has 2 rings (SSSR count). The molecular formula is C16H25NO2. The van der Waals surface area contributed by atoms with Gasteiger partial charge in [0, 0.05) is 6.61 Å². The molecule has 0 saturated carbocycles. The highest BCUT2D eigenvalue weighted by Crippen LogP contribution is 2.15. The predicted molar refractivity (Wildman–Crippen MR) is 77.2 cm³/mol. The minimum Gasteiger partial charge on any atom is -0.377 e. The summed E-state index contributed by atoms with van der Waals surface area (Å²) in [5, 5.41) is 0. The lowest BCUT2D eigenvalue weighted by Crippen LogP contribution is -2.21. The molecule has 0 bridgehead atoms. The van der Waals surface area contributed by atoms with Crippen LogP contribution in [0, 0.1) is 0 Å². The van der Waals surface area contributed by atoms with Gasteiger partial charge in [0.25, 0.3) is 0 Å². The molecule has 0 aliphatic carbocycles. The van der Waals surface area contributed by atoms with Gasteiger partial charge in [-0.25, -0.2) is 0 Å². The standard InChI is InChI=1S/C16H25NO2/c1-2-4-13-6-8-14(9-7-13)16(17)12-18-11-15-5-3-10-19-15/h6-9,15-16H,2-5,10-12,17H2,1H3. The Balaban J connectivity index is 1.73. The van der Waals surface area contributed by atoms with Gasteiger partial charge in [0.1, 0.15) is 0 Å². The summed E-state index contributed by atoms with van der Waals surface area (Å²) in [4.78, 5) is 0. The van der Waals surface area contributed by atoms with Gasteiger partial charge in [0.15, 0.2) is 0 Å². The molecule has 19 heavy (non-hydrogen) atoms. The predicted octanol–water partition coefficient (Wildman–Crippen LogP) is 2.83. The maximum atomic E-state index is 6.14. The summed E-state index contributed by atoms with van der Waals surface area (Å²) in [6.45, 7) is 4.30. The van der Waals surface area contributed by atoms with E-state index in [0.29, 0.717) is 13.2 Å². The van der Waals surface area contributed by atoms with Gasteiger partial charge in [-0.2, -0.15) is 0 Å². The summed E-state index contributed by atoms with van der Waals surface area (Å²) in [5.41, 5.74) is 8.66. The Morgan fingerprint density at radius 2 is 2.16 bits per heavy atom. The first-order chi connectivity index (χ1) is 9.29. The van der Waals surface area contributed by atoms with E-state index >= 15 is 0 Å². The van der Waals surface area contributed by atoms with E-state index in [-0.39, 0.29) is 12.1 Å². The largest absolute Gasteiger partial charge is 0.377 e. The van der Waals surface area contributed by atoms with Crippen LogP contribution in [0.25, 0.3) is 0 Å². The van der Waals surface area contributed by atoms with E-state index in [1.54, 1.807) is 0 Å². The van der Waals surface area contributed by atoms with Crippen LogP contribution in [0.15, 0.2) is 24.3 Å². The lowest BCUT2D eigenvalue weighted by atomic mass is 10.0. The Labute approximate surface area is 116 Å². The summed E-state index contributed by atoms with van der Waals surface area (Å²) in [6, 6.07) is 8.52. The van der Waals surface area contributed by atoms with Gasteiger partial charge in [0.2, 0.25) is 0 Å². The average molecular weight is 263 g/mol. The topological polar surface area (TPSA) is 44.5 Å². The van der Waals surface area contributed by atoms with Gasteiger partial charge >= 0.3 is 0 Å². The average Bonchev–Trinajstić information content (AvgIpc) is 2.93. The summed E-state index contributed by atoms with van der Waals surface area (Å²) < 4.78 is 11.2. The summed E-state index contributed by atoms with van der Waals surface area (Å²) in [5.74, 6) is 0. The minimum atomic E-state index is -0.0444. The fourth-order valence-corrected chi connectivity index (χ4v) is 2.42. The molecule has 1 fully saturated rings. The van der Waals surface area contributed by atoms with Crippen molar-refractivity contribution in [1.82, 2.24) is 0 Å². The molecule has 1 aromatic rings. The van der Waals surface area contributed by atoms with Crippen molar-refractivity contribution in [2.75, 3.05) is 19.8 Å². The monoisotopic (exact) mass is 263 g/mol. The third-order valence-electron chi connectivity index (χ3n) is 3.57. The van der Waals surface area contributed by atoms with Crippen molar-refractivity contribution >= 4 is 0 Å². The van der Waals surface area contributed by atoms with Gasteiger partial charge in [-0.15, -0.1) is 0 Å². The SMILES string of the molecule is CCCc1ccc(C(N)COCC2CCCO2)cc1. The van der Waals surface area contributed by atoms with Gasteiger partial charge in [-0.1, -0.05) is 37.6 Å². The highest BCUT2D eigenvalue weighted by Gasteiger charge is 2.16. The van der Waals surface area contributed by atoms with E-state index < -0.39 is 0 Å². The number of aryl methyl sites for hydroxylation is 1. The number of hydrogen-bond acceptors (Lipinski definition) is 3. The maximum absolute atomic E-state index is 6.14. The molecule has 1 saturated heterocycles. The molecule has 0 aromatic heterocycles. The summed E-state index contributed by atoms with van der Waals surface area (Å²) in [7, 11) is 0. The van der Waals surface area contributed by atoms with E-state index in [9.17, 15) is 0 Å². The molecule has 3 heteroatoms. The molecule has 0 spiro atoms. The normalized spacial score (nSPS) is 20.6. The van der Waals surface area contributed by atoms with Crippen LogP contribution in [-0.2, 0) is 15.9 Å². The second kappa shape index (κ2) is 7.63. The van der Waals surface area contributed by atoms with E-state index in [1.165, 1.54) is 12.0 Å². The van der Waals surface area contributed by atoms with Crippen LogP contribution in [0.1, 0.15) is 43.4 Å². The zero-order chi connectivity index (χ0) is 13.5. The highest BCUT2D eigenvalue weighted by atomic mass is 16.5. The van der Waals surface area contributed by atoms with Gasteiger partial charge in [-0.3, -0.25) is 0 Å². The van der Waals surface area contributed by atoms with Crippen molar-refractivity contribution in [3.63, 3.8) is 0 Å². The number of ether oxygens (including phenoxy) is 2. The molecule has 1 aromatic carbocycles. The Hall–Kier alpha value is -0.900. The number of nitrogens with two attached hydrogens (primary N) is 1. The molecule has 0 amide bonds. The van der Waals surface area contributed by atoms with Crippen LogP contribution in [0.2, 0.25) is 0 Å². The van der Waals surface area contributed by atoms with Crippen molar-refractivity contribution in [1.29, 1.82) is 0 Å². The van der Waals surface area contributed by atoms with Crippen LogP contribution in [0.5, 0.6) is 0 Å². The Bertz CT molecular complexity index is 358. The molecular weight excluding hydrogens is 238 g/mol. The second-order valence-electron chi connectivity index (χ2n) is 5.27. The summed E-state index contributed by atoms with van der Waals surface area (Å²) in [6.07, 6.45) is 4.85. The van der Waals surface area contributed by atoms with Crippen LogP contribution < -0.4 is 5.73 Å². The maximum Gasteiger partial charge on any atom is 0.0809 e. The lowest BCUT2D eigenvalue weighted by molar-refractivity contribution is 0.0129. The molecule has 106 valence electrons. The van der Waals surface area contributed by atoms with Crippen molar-refractivity contribution in [3.05, 3.63) is 35.4 Å². The van der Waals surface area contributed by atoms with E-state index in [4.69, 9.17) is 15.2 Å². The van der Waals surface area contributed by atoms with E-state index in [2.05, 4.69) is 31.2 Å². The Morgan fingerprint density at radius 3 is 2.79 bits per heavy atom. The molecule has 2 atom stereocenters. The van der Waals surface area contributed by atoms with Crippen LogP contribution in [0.3, 0.4) is 0 Å².